The molecule has 3 amide bonds. The average Bonchev–Trinajstić information content (AvgIpc) is 2.66. The van der Waals surface area contributed by atoms with Crippen LogP contribution in [0.3, 0.4) is 0 Å². The molecule has 1 aromatic rings. The summed E-state index contributed by atoms with van der Waals surface area (Å²) in [7, 11) is 0. The van der Waals surface area contributed by atoms with Crippen molar-refractivity contribution in [3.05, 3.63) is 35.9 Å². The predicted molar refractivity (Wildman–Crippen MR) is 103 cm³/mol. The molecule has 1 aromatic carbocycles. The van der Waals surface area contributed by atoms with Crippen LogP contribution >= 0.6 is 0 Å². The van der Waals surface area contributed by atoms with Crippen molar-refractivity contribution in [1.82, 2.24) is 15.1 Å². The van der Waals surface area contributed by atoms with Crippen molar-refractivity contribution in [2.45, 2.75) is 64.0 Å². The summed E-state index contributed by atoms with van der Waals surface area (Å²) < 4.78 is 0. The summed E-state index contributed by atoms with van der Waals surface area (Å²) in [5, 5.41) is 3.20. The SMILES string of the molecule is CC[C@H](NC(=O)N1CCN(C(C)=O)C2(CCCCC2)C1)c1ccccc1. The molecule has 1 N–H and O–H groups in total. The molecule has 0 unspecified atom stereocenters. The van der Waals surface area contributed by atoms with Crippen LogP contribution in [-0.4, -0.2) is 46.9 Å². The Hall–Kier alpha value is -2.04. The number of hydrogen-bond donors (Lipinski definition) is 1. The summed E-state index contributed by atoms with van der Waals surface area (Å²) in [6, 6.07) is 10.1. The number of amides is 3. The topological polar surface area (TPSA) is 52.7 Å². The van der Waals surface area contributed by atoms with E-state index in [0.717, 1.165) is 37.7 Å². The number of nitrogens with zero attached hydrogens (tertiary/aromatic N) is 2. The van der Waals surface area contributed by atoms with E-state index in [1.807, 2.05) is 28.0 Å². The summed E-state index contributed by atoms with van der Waals surface area (Å²) in [5.74, 6) is 0.141. The van der Waals surface area contributed by atoms with Gasteiger partial charge in [0, 0.05) is 26.6 Å². The molecule has 0 radical (unpaired) electrons. The van der Waals surface area contributed by atoms with Gasteiger partial charge in [0.25, 0.3) is 0 Å². The lowest BCUT2D eigenvalue weighted by atomic mass is 9.78. The molecule has 5 nitrogen and oxygen atoms in total. The van der Waals surface area contributed by atoms with Crippen LogP contribution in [0.1, 0.15) is 64.0 Å². The van der Waals surface area contributed by atoms with E-state index in [2.05, 4.69) is 24.4 Å². The lowest BCUT2D eigenvalue weighted by Gasteiger charge is -2.52. The highest BCUT2D eigenvalue weighted by Crippen LogP contribution is 2.36. The van der Waals surface area contributed by atoms with Crippen LogP contribution < -0.4 is 5.32 Å². The van der Waals surface area contributed by atoms with Gasteiger partial charge in [0.1, 0.15) is 0 Å². The first-order valence-electron chi connectivity index (χ1n) is 9.94. The molecule has 1 saturated carbocycles. The highest BCUT2D eigenvalue weighted by molar-refractivity contribution is 5.77. The molecule has 142 valence electrons. The molecule has 0 bridgehead atoms. The fourth-order valence-corrected chi connectivity index (χ4v) is 4.63. The molecule has 3 rings (SSSR count). The van der Waals surface area contributed by atoms with Crippen LogP contribution in [0.5, 0.6) is 0 Å². The highest BCUT2D eigenvalue weighted by Gasteiger charge is 2.44. The van der Waals surface area contributed by atoms with E-state index < -0.39 is 0 Å². The molecular weight excluding hydrogens is 326 g/mol. The van der Waals surface area contributed by atoms with E-state index in [1.54, 1.807) is 6.92 Å². The summed E-state index contributed by atoms with van der Waals surface area (Å²) in [6.45, 7) is 5.66. The van der Waals surface area contributed by atoms with Gasteiger partial charge in [0.15, 0.2) is 0 Å². The normalized spacial score (nSPS) is 20.7. The maximum absolute atomic E-state index is 13.0. The predicted octanol–water partition coefficient (Wildman–Crippen LogP) is 3.71. The zero-order valence-electron chi connectivity index (χ0n) is 16.0. The maximum atomic E-state index is 13.0. The molecule has 1 spiro atoms. The molecular formula is C21H31N3O2. The fourth-order valence-electron chi connectivity index (χ4n) is 4.63. The Balaban J connectivity index is 1.71. The third kappa shape index (κ3) is 3.87. The van der Waals surface area contributed by atoms with Gasteiger partial charge in [-0.2, -0.15) is 0 Å². The van der Waals surface area contributed by atoms with Crippen molar-refractivity contribution >= 4 is 11.9 Å². The van der Waals surface area contributed by atoms with Gasteiger partial charge in [0.2, 0.25) is 5.91 Å². The molecule has 1 atom stereocenters. The quantitative estimate of drug-likeness (QED) is 0.896. The van der Waals surface area contributed by atoms with Gasteiger partial charge in [-0.05, 0) is 24.8 Å². The number of carbonyl (C=O) groups is 2. The van der Waals surface area contributed by atoms with E-state index in [0.29, 0.717) is 19.6 Å². The minimum absolute atomic E-state index is 0.00569. The molecule has 5 heteroatoms. The smallest absolute Gasteiger partial charge is 0.318 e. The molecule has 1 aliphatic carbocycles. The van der Waals surface area contributed by atoms with Gasteiger partial charge in [-0.1, -0.05) is 56.5 Å². The third-order valence-corrected chi connectivity index (χ3v) is 6.01. The minimum Gasteiger partial charge on any atom is -0.334 e. The van der Waals surface area contributed by atoms with Gasteiger partial charge >= 0.3 is 6.03 Å². The monoisotopic (exact) mass is 357 g/mol. The number of piperazine rings is 1. The standard InChI is InChI=1S/C21H31N3O2/c1-3-19(18-10-6-4-7-11-18)22-20(26)23-14-15-24(17(2)25)21(16-23)12-8-5-9-13-21/h4,6-7,10-11,19H,3,5,8-9,12-16H2,1-2H3,(H,22,26)/t19-/m0/s1. The first-order chi connectivity index (χ1) is 12.6. The van der Waals surface area contributed by atoms with Gasteiger partial charge < -0.3 is 15.1 Å². The summed E-state index contributed by atoms with van der Waals surface area (Å²) in [5.41, 5.74) is 0.979. The highest BCUT2D eigenvalue weighted by atomic mass is 16.2. The summed E-state index contributed by atoms with van der Waals surface area (Å²) >= 11 is 0. The number of rotatable bonds is 3. The van der Waals surface area contributed by atoms with Crippen LogP contribution in [0, 0.1) is 0 Å². The van der Waals surface area contributed by atoms with Gasteiger partial charge in [0.05, 0.1) is 11.6 Å². The number of benzene rings is 1. The second-order valence-corrected chi connectivity index (χ2v) is 7.70. The van der Waals surface area contributed by atoms with Gasteiger partial charge in [-0.3, -0.25) is 4.79 Å². The number of urea groups is 1. The number of nitrogens with one attached hydrogen (secondary N) is 1. The lowest BCUT2D eigenvalue weighted by Crippen LogP contribution is -2.66. The largest absolute Gasteiger partial charge is 0.334 e. The van der Waals surface area contributed by atoms with Crippen molar-refractivity contribution in [3.8, 4) is 0 Å². The van der Waals surface area contributed by atoms with E-state index in [4.69, 9.17) is 0 Å². The van der Waals surface area contributed by atoms with Crippen LogP contribution in [0.25, 0.3) is 0 Å². The Morgan fingerprint density at radius 2 is 1.81 bits per heavy atom. The zero-order valence-corrected chi connectivity index (χ0v) is 16.0. The minimum atomic E-state index is -0.159. The first kappa shape index (κ1) is 18.7. The second-order valence-electron chi connectivity index (χ2n) is 7.70. The molecule has 26 heavy (non-hydrogen) atoms. The Labute approximate surface area is 156 Å². The van der Waals surface area contributed by atoms with Crippen LogP contribution in [0.4, 0.5) is 4.79 Å². The third-order valence-electron chi connectivity index (χ3n) is 6.01. The average molecular weight is 357 g/mol. The van der Waals surface area contributed by atoms with E-state index in [9.17, 15) is 9.59 Å². The maximum Gasteiger partial charge on any atom is 0.318 e. The van der Waals surface area contributed by atoms with Crippen LogP contribution in [0.2, 0.25) is 0 Å². The molecule has 1 saturated heterocycles. The Morgan fingerprint density at radius 1 is 1.12 bits per heavy atom. The Kier molecular flexibility index (Phi) is 5.84. The first-order valence-corrected chi connectivity index (χ1v) is 9.94. The van der Waals surface area contributed by atoms with Crippen molar-refractivity contribution in [2.75, 3.05) is 19.6 Å². The van der Waals surface area contributed by atoms with Crippen molar-refractivity contribution < 1.29 is 9.59 Å². The molecule has 2 aliphatic rings. The van der Waals surface area contributed by atoms with Crippen molar-refractivity contribution in [3.63, 3.8) is 0 Å². The zero-order chi connectivity index (χ0) is 18.6. The fraction of sp³-hybridized carbons (Fsp3) is 0.619. The lowest BCUT2D eigenvalue weighted by molar-refractivity contribution is -0.141. The summed E-state index contributed by atoms with van der Waals surface area (Å²) in [4.78, 5) is 29.1. The molecule has 1 aliphatic heterocycles. The van der Waals surface area contributed by atoms with E-state index >= 15 is 0 Å². The van der Waals surface area contributed by atoms with Crippen LogP contribution in [-0.2, 0) is 4.79 Å². The van der Waals surface area contributed by atoms with E-state index in [1.165, 1.54) is 6.42 Å². The number of carbonyl (C=O) groups excluding carboxylic acids is 2. The van der Waals surface area contributed by atoms with Crippen molar-refractivity contribution in [2.24, 2.45) is 0 Å². The molecule has 0 aromatic heterocycles. The molecule has 1 heterocycles. The van der Waals surface area contributed by atoms with Crippen molar-refractivity contribution in [1.29, 1.82) is 0 Å². The van der Waals surface area contributed by atoms with E-state index in [-0.39, 0.29) is 23.5 Å². The Morgan fingerprint density at radius 3 is 2.42 bits per heavy atom. The second kappa shape index (κ2) is 8.11. The van der Waals surface area contributed by atoms with Crippen LogP contribution in [0.15, 0.2) is 30.3 Å². The Bertz CT molecular complexity index is 625. The number of hydrogen-bond acceptors (Lipinski definition) is 2. The van der Waals surface area contributed by atoms with Gasteiger partial charge in [-0.25, -0.2) is 4.79 Å². The molecule has 2 fully saturated rings. The summed E-state index contributed by atoms with van der Waals surface area (Å²) in [6.07, 6.45) is 6.38. The van der Waals surface area contributed by atoms with Gasteiger partial charge in [-0.15, -0.1) is 0 Å².